The molecule has 0 bridgehead atoms. The van der Waals surface area contributed by atoms with E-state index in [1.54, 1.807) is 19.2 Å². The molecule has 9 nitrogen and oxygen atoms in total. The maximum atomic E-state index is 12.7. The topological polar surface area (TPSA) is 105 Å². The van der Waals surface area contributed by atoms with E-state index in [2.05, 4.69) is 4.98 Å². The third kappa shape index (κ3) is 4.18. The number of nitrogens with zero attached hydrogens (tertiary/aromatic N) is 4. The van der Waals surface area contributed by atoms with Crippen molar-refractivity contribution in [3.8, 4) is 5.75 Å². The molecular formula is C16H19ClN4O5S. The number of anilines is 1. The summed E-state index contributed by atoms with van der Waals surface area (Å²) in [6.45, 7) is 1.25. The van der Waals surface area contributed by atoms with E-state index in [9.17, 15) is 13.2 Å². The average Bonchev–Trinajstić information content (AvgIpc) is 3.00. The van der Waals surface area contributed by atoms with Gasteiger partial charge >= 0.3 is 5.97 Å². The highest BCUT2D eigenvalue weighted by Crippen LogP contribution is 2.25. The zero-order chi connectivity index (χ0) is 19.6. The molecule has 0 saturated carbocycles. The van der Waals surface area contributed by atoms with Crippen LogP contribution in [0.3, 0.4) is 0 Å². The van der Waals surface area contributed by atoms with E-state index in [0.717, 1.165) is 5.69 Å². The van der Waals surface area contributed by atoms with E-state index in [4.69, 9.17) is 21.4 Å². The number of carboxylic acids is 1. The fourth-order valence-electron chi connectivity index (χ4n) is 2.77. The fraction of sp³-hybridized carbons (Fsp3) is 0.375. The lowest BCUT2D eigenvalue weighted by molar-refractivity contribution is -0.139. The number of hydrogen-bond acceptors (Lipinski definition) is 6. The third-order valence-electron chi connectivity index (χ3n) is 4.22. The van der Waals surface area contributed by atoms with Crippen molar-refractivity contribution in [1.82, 2.24) is 13.9 Å². The van der Waals surface area contributed by atoms with Crippen LogP contribution in [0.15, 0.2) is 35.6 Å². The molecule has 0 unspecified atom stereocenters. The summed E-state index contributed by atoms with van der Waals surface area (Å²) in [5.74, 6) is -0.573. The minimum absolute atomic E-state index is 0.0920. The van der Waals surface area contributed by atoms with Crippen LogP contribution in [0.2, 0.25) is 5.15 Å². The molecule has 2 heterocycles. The number of ether oxygens (including phenoxy) is 1. The zero-order valence-electron chi connectivity index (χ0n) is 14.6. The highest BCUT2D eigenvalue weighted by molar-refractivity contribution is 7.89. The molecule has 0 atom stereocenters. The summed E-state index contributed by atoms with van der Waals surface area (Å²) in [6.07, 6.45) is 1.37. The van der Waals surface area contributed by atoms with Crippen molar-refractivity contribution < 1.29 is 23.1 Å². The van der Waals surface area contributed by atoms with Gasteiger partial charge in [-0.25, -0.2) is 18.2 Å². The van der Waals surface area contributed by atoms with Crippen LogP contribution in [-0.4, -0.2) is 66.1 Å². The van der Waals surface area contributed by atoms with Crippen molar-refractivity contribution in [3.05, 3.63) is 35.7 Å². The largest absolute Gasteiger partial charge is 0.482 e. The van der Waals surface area contributed by atoms with Gasteiger partial charge < -0.3 is 19.3 Å². The van der Waals surface area contributed by atoms with E-state index in [1.807, 2.05) is 17.0 Å². The minimum atomic E-state index is -3.73. The van der Waals surface area contributed by atoms with Gasteiger partial charge in [-0.15, -0.1) is 0 Å². The molecule has 0 amide bonds. The molecule has 2 aromatic rings. The summed E-state index contributed by atoms with van der Waals surface area (Å²) in [5, 5.41) is 8.59. The number of aryl methyl sites for hydroxylation is 1. The monoisotopic (exact) mass is 414 g/mol. The van der Waals surface area contributed by atoms with E-state index in [-0.39, 0.29) is 10.2 Å². The lowest BCUT2D eigenvalue weighted by Crippen LogP contribution is -2.48. The summed E-state index contributed by atoms with van der Waals surface area (Å²) in [6, 6.07) is 7.01. The molecule has 1 aromatic heterocycles. The van der Waals surface area contributed by atoms with Gasteiger partial charge in [-0.05, 0) is 24.3 Å². The van der Waals surface area contributed by atoms with Gasteiger partial charge in [0.25, 0.3) is 10.0 Å². The van der Waals surface area contributed by atoms with Crippen molar-refractivity contribution in [2.45, 2.75) is 5.03 Å². The summed E-state index contributed by atoms with van der Waals surface area (Å²) < 4.78 is 33.4. The predicted octanol–water partition coefficient (Wildman–Crippen LogP) is 1.05. The molecule has 11 heteroatoms. The molecule has 0 radical (unpaired) electrons. The Morgan fingerprint density at radius 1 is 1.22 bits per heavy atom. The molecule has 27 heavy (non-hydrogen) atoms. The van der Waals surface area contributed by atoms with Gasteiger partial charge in [0.15, 0.2) is 6.61 Å². The van der Waals surface area contributed by atoms with Crippen molar-refractivity contribution in [3.63, 3.8) is 0 Å². The first-order chi connectivity index (χ1) is 12.8. The Bertz CT molecular complexity index is 921. The van der Waals surface area contributed by atoms with Crippen molar-refractivity contribution in [2.75, 3.05) is 37.7 Å². The summed E-state index contributed by atoms with van der Waals surface area (Å²) in [7, 11) is -2.10. The number of carboxylic acid groups (broad SMARTS) is 1. The van der Waals surface area contributed by atoms with Crippen molar-refractivity contribution >= 4 is 33.3 Å². The third-order valence-corrected chi connectivity index (χ3v) is 6.61. The smallest absolute Gasteiger partial charge is 0.341 e. The molecule has 0 aliphatic carbocycles. The molecule has 1 saturated heterocycles. The van der Waals surface area contributed by atoms with E-state index < -0.39 is 22.6 Å². The van der Waals surface area contributed by atoms with Crippen molar-refractivity contribution in [2.24, 2.45) is 7.05 Å². The maximum absolute atomic E-state index is 12.7. The van der Waals surface area contributed by atoms with Crippen LogP contribution in [0, 0.1) is 0 Å². The lowest BCUT2D eigenvalue weighted by atomic mass is 10.2. The van der Waals surface area contributed by atoms with Crippen LogP contribution in [0.25, 0.3) is 0 Å². The molecule has 1 aromatic carbocycles. The molecule has 1 aliphatic heterocycles. The molecule has 1 fully saturated rings. The van der Waals surface area contributed by atoms with Crippen LogP contribution < -0.4 is 9.64 Å². The number of piperazine rings is 1. The highest BCUT2D eigenvalue weighted by atomic mass is 35.5. The number of rotatable bonds is 6. The van der Waals surface area contributed by atoms with Crippen LogP contribution in [0.1, 0.15) is 0 Å². The van der Waals surface area contributed by atoms with Gasteiger partial charge in [0.1, 0.15) is 10.9 Å². The number of imidazole rings is 1. The first-order valence-electron chi connectivity index (χ1n) is 8.15. The van der Waals surface area contributed by atoms with Crippen LogP contribution in [0.5, 0.6) is 5.75 Å². The zero-order valence-corrected chi connectivity index (χ0v) is 16.1. The van der Waals surface area contributed by atoms with Crippen molar-refractivity contribution in [1.29, 1.82) is 0 Å². The minimum Gasteiger partial charge on any atom is -0.482 e. The quantitative estimate of drug-likeness (QED) is 0.753. The van der Waals surface area contributed by atoms with Gasteiger partial charge in [-0.2, -0.15) is 4.31 Å². The maximum Gasteiger partial charge on any atom is 0.341 e. The van der Waals surface area contributed by atoms with Gasteiger partial charge in [-0.1, -0.05) is 11.6 Å². The highest BCUT2D eigenvalue weighted by Gasteiger charge is 2.32. The number of sulfonamides is 1. The van der Waals surface area contributed by atoms with Gasteiger partial charge in [0, 0.05) is 38.9 Å². The number of halogens is 1. The van der Waals surface area contributed by atoms with Crippen LogP contribution in [-0.2, 0) is 21.9 Å². The Hall–Kier alpha value is -2.30. The molecule has 146 valence electrons. The lowest BCUT2D eigenvalue weighted by Gasteiger charge is -2.35. The van der Waals surface area contributed by atoms with Crippen LogP contribution in [0.4, 0.5) is 5.69 Å². The van der Waals surface area contributed by atoms with Gasteiger partial charge in [0.05, 0.1) is 6.33 Å². The Morgan fingerprint density at radius 2 is 1.85 bits per heavy atom. The normalized spacial score (nSPS) is 15.7. The standard InChI is InChI=1S/C16H19ClN4O5S/c1-19-11-18-16(15(19)17)27(24,25)21-8-6-20(7-9-21)12-2-4-13(5-3-12)26-10-14(22)23/h2-5,11H,6-10H2,1H3,(H,22,23). The second-order valence-corrected chi connectivity index (χ2v) is 8.23. The fourth-order valence-corrected chi connectivity index (χ4v) is 4.58. The Labute approximate surface area is 161 Å². The summed E-state index contributed by atoms with van der Waals surface area (Å²) in [4.78, 5) is 16.5. The summed E-state index contributed by atoms with van der Waals surface area (Å²) in [5.41, 5.74) is 0.908. The molecule has 0 spiro atoms. The first kappa shape index (κ1) is 19.5. The number of aliphatic carboxylic acids is 1. The molecule has 1 N–H and O–H groups in total. The van der Waals surface area contributed by atoms with Crippen LogP contribution >= 0.6 is 11.6 Å². The number of aromatic nitrogens is 2. The average molecular weight is 415 g/mol. The van der Waals surface area contributed by atoms with Gasteiger partial charge in [0.2, 0.25) is 5.03 Å². The molecule has 1 aliphatic rings. The molecule has 3 rings (SSSR count). The molecular weight excluding hydrogens is 396 g/mol. The van der Waals surface area contributed by atoms with E-state index >= 15 is 0 Å². The first-order valence-corrected chi connectivity index (χ1v) is 9.97. The summed E-state index contributed by atoms with van der Waals surface area (Å²) >= 11 is 6.03. The van der Waals surface area contributed by atoms with E-state index in [0.29, 0.717) is 31.9 Å². The Morgan fingerprint density at radius 3 is 2.37 bits per heavy atom. The number of carbonyl (C=O) groups is 1. The number of benzene rings is 1. The number of hydrogen-bond donors (Lipinski definition) is 1. The second kappa shape index (κ2) is 7.75. The van der Waals surface area contributed by atoms with Gasteiger partial charge in [-0.3, -0.25) is 0 Å². The Balaban J connectivity index is 1.63. The predicted molar refractivity (Wildman–Crippen MR) is 98.8 cm³/mol. The SMILES string of the molecule is Cn1cnc(S(=O)(=O)N2CCN(c3ccc(OCC(=O)O)cc3)CC2)c1Cl. The van der Waals surface area contributed by atoms with E-state index in [1.165, 1.54) is 15.2 Å². The Kier molecular flexibility index (Phi) is 5.59. The second-order valence-electron chi connectivity index (χ2n) is 6.02.